The number of hydrogen-bond donors (Lipinski definition) is 2. The van der Waals surface area contributed by atoms with Crippen molar-refractivity contribution >= 4 is 39.7 Å². The van der Waals surface area contributed by atoms with E-state index in [2.05, 4.69) is 31.8 Å². The molecule has 0 fully saturated rings. The Morgan fingerprint density at radius 3 is 2.65 bits per heavy atom. The number of ether oxygens (including phenoxy) is 2. The zero-order chi connectivity index (χ0) is 22.1. The molecule has 0 unspecified atom stereocenters. The summed E-state index contributed by atoms with van der Waals surface area (Å²) in [6.45, 7) is 0.0298. The predicted molar refractivity (Wildman–Crippen MR) is 123 cm³/mol. The summed E-state index contributed by atoms with van der Waals surface area (Å²) in [5.41, 5.74) is 4.26. The number of carbonyl (C=O) groups is 2. The van der Waals surface area contributed by atoms with E-state index in [1.807, 2.05) is 24.3 Å². The number of hydrazone groups is 1. The molecule has 0 aliphatic carbocycles. The van der Waals surface area contributed by atoms with Gasteiger partial charge >= 0.3 is 5.97 Å². The van der Waals surface area contributed by atoms with E-state index in [4.69, 9.17) is 9.47 Å². The second kappa shape index (κ2) is 10.9. The van der Waals surface area contributed by atoms with Gasteiger partial charge in [0, 0.05) is 4.47 Å². The fourth-order valence-electron chi connectivity index (χ4n) is 2.62. The summed E-state index contributed by atoms with van der Waals surface area (Å²) in [7, 11) is 1.56. The maximum Gasteiger partial charge on any atom is 0.343 e. The van der Waals surface area contributed by atoms with Crippen LogP contribution in [-0.2, 0) is 4.79 Å². The first kappa shape index (κ1) is 22.0. The number of anilines is 1. The number of benzene rings is 3. The van der Waals surface area contributed by atoms with Crippen molar-refractivity contribution in [2.45, 2.75) is 0 Å². The number of nitrogens with zero attached hydrogens (tertiary/aromatic N) is 1. The number of para-hydroxylation sites is 2. The van der Waals surface area contributed by atoms with Gasteiger partial charge < -0.3 is 14.8 Å². The van der Waals surface area contributed by atoms with Gasteiger partial charge in [-0.3, -0.25) is 4.79 Å². The van der Waals surface area contributed by atoms with Crippen molar-refractivity contribution in [2.24, 2.45) is 5.10 Å². The highest BCUT2D eigenvalue weighted by Gasteiger charge is 2.09. The van der Waals surface area contributed by atoms with E-state index in [0.717, 1.165) is 4.47 Å². The molecule has 0 saturated heterocycles. The number of amides is 1. The average Bonchev–Trinajstić information content (AvgIpc) is 2.78. The van der Waals surface area contributed by atoms with Gasteiger partial charge in [0.1, 0.15) is 11.5 Å². The van der Waals surface area contributed by atoms with E-state index < -0.39 is 5.97 Å². The Morgan fingerprint density at radius 2 is 1.84 bits per heavy atom. The van der Waals surface area contributed by atoms with Crippen LogP contribution in [0, 0.1) is 0 Å². The number of methoxy groups -OCH3 is 1. The largest absolute Gasteiger partial charge is 0.495 e. The van der Waals surface area contributed by atoms with E-state index in [1.54, 1.807) is 55.6 Å². The molecule has 0 radical (unpaired) electrons. The Bertz CT molecular complexity index is 1100. The molecule has 158 valence electrons. The van der Waals surface area contributed by atoms with Crippen molar-refractivity contribution in [1.82, 2.24) is 5.43 Å². The minimum Gasteiger partial charge on any atom is -0.495 e. The molecule has 2 N–H and O–H groups in total. The standard InChI is InChI=1S/C23H20BrN3O4/c1-30-21-11-3-2-10-20(21)25-15-22(28)27-26-14-16-6-4-9-19(12-16)31-23(29)17-7-5-8-18(24)13-17/h2-14,25H,15H2,1H3,(H,27,28). The quantitative estimate of drug-likeness (QED) is 0.217. The molecule has 3 aromatic carbocycles. The van der Waals surface area contributed by atoms with Crippen LogP contribution in [0.4, 0.5) is 5.69 Å². The predicted octanol–water partition coefficient (Wildman–Crippen LogP) is 4.24. The molecule has 31 heavy (non-hydrogen) atoms. The summed E-state index contributed by atoms with van der Waals surface area (Å²) in [5, 5.41) is 6.94. The summed E-state index contributed by atoms with van der Waals surface area (Å²) in [5.74, 6) is 0.233. The lowest BCUT2D eigenvalue weighted by atomic mass is 10.2. The minimum atomic E-state index is -0.467. The SMILES string of the molecule is COc1ccccc1NCC(=O)NN=Cc1cccc(OC(=O)c2cccc(Br)c2)c1. The first-order valence-corrected chi connectivity index (χ1v) is 10.1. The Morgan fingerprint density at radius 1 is 1.03 bits per heavy atom. The third kappa shape index (κ3) is 6.68. The molecule has 0 bridgehead atoms. The normalized spacial score (nSPS) is 10.5. The molecule has 0 aliphatic heterocycles. The number of carbonyl (C=O) groups excluding carboxylic acids is 2. The smallest absolute Gasteiger partial charge is 0.343 e. The van der Waals surface area contributed by atoms with E-state index >= 15 is 0 Å². The van der Waals surface area contributed by atoms with E-state index in [1.165, 1.54) is 6.21 Å². The third-order valence-electron chi connectivity index (χ3n) is 4.08. The van der Waals surface area contributed by atoms with Gasteiger partial charge in [-0.05, 0) is 48.0 Å². The van der Waals surface area contributed by atoms with E-state index in [9.17, 15) is 9.59 Å². The number of hydrogen-bond acceptors (Lipinski definition) is 6. The van der Waals surface area contributed by atoms with Gasteiger partial charge in [-0.25, -0.2) is 10.2 Å². The zero-order valence-electron chi connectivity index (χ0n) is 16.7. The molecule has 0 heterocycles. The van der Waals surface area contributed by atoms with Crippen LogP contribution in [0.15, 0.2) is 82.4 Å². The molecule has 0 atom stereocenters. The Labute approximate surface area is 188 Å². The molecule has 0 aromatic heterocycles. The molecule has 1 amide bonds. The van der Waals surface area contributed by atoms with Gasteiger partial charge in [0.05, 0.1) is 31.1 Å². The molecule has 3 aromatic rings. The molecule has 8 heteroatoms. The number of halogens is 1. The Balaban J connectivity index is 1.53. The molecular weight excluding hydrogens is 462 g/mol. The second-order valence-electron chi connectivity index (χ2n) is 6.32. The van der Waals surface area contributed by atoms with Crippen LogP contribution in [0.1, 0.15) is 15.9 Å². The Hall–Kier alpha value is -3.65. The van der Waals surface area contributed by atoms with Crippen molar-refractivity contribution in [3.05, 3.63) is 88.4 Å². The number of esters is 1. The maximum absolute atomic E-state index is 12.3. The Kier molecular flexibility index (Phi) is 7.78. The van der Waals surface area contributed by atoms with Crippen molar-refractivity contribution in [3.63, 3.8) is 0 Å². The van der Waals surface area contributed by atoms with Gasteiger partial charge in [0.15, 0.2) is 0 Å². The van der Waals surface area contributed by atoms with Crippen LogP contribution in [0.5, 0.6) is 11.5 Å². The summed E-state index contributed by atoms with van der Waals surface area (Å²) < 4.78 is 11.4. The van der Waals surface area contributed by atoms with E-state index in [0.29, 0.717) is 28.3 Å². The van der Waals surface area contributed by atoms with Gasteiger partial charge in [0.25, 0.3) is 5.91 Å². The summed E-state index contributed by atoms with van der Waals surface area (Å²) in [6.07, 6.45) is 1.47. The van der Waals surface area contributed by atoms with Crippen LogP contribution in [0.2, 0.25) is 0 Å². The van der Waals surface area contributed by atoms with Gasteiger partial charge in [-0.15, -0.1) is 0 Å². The zero-order valence-corrected chi connectivity index (χ0v) is 18.3. The number of nitrogens with one attached hydrogen (secondary N) is 2. The summed E-state index contributed by atoms with van der Waals surface area (Å²) in [6, 6.07) is 21.1. The maximum atomic E-state index is 12.3. The van der Waals surface area contributed by atoms with Crippen molar-refractivity contribution in [3.8, 4) is 11.5 Å². The minimum absolute atomic E-state index is 0.0298. The molecular formula is C23H20BrN3O4. The molecule has 0 aliphatic rings. The van der Waals surface area contributed by atoms with Crippen LogP contribution in [0.25, 0.3) is 0 Å². The number of rotatable bonds is 8. The lowest BCUT2D eigenvalue weighted by Crippen LogP contribution is -2.26. The topological polar surface area (TPSA) is 89.0 Å². The first-order valence-electron chi connectivity index (χ1n) is 9.32. The second-order valence-corrected chi connectivity index (χ2v) is 7.24. The van der Waals surface area contributed by atoms with Crippen molar-refractivity contribution in [1.29, 1.82) is 0 Å². The monoisotopic (exact) mass is 481 g/mol. The average molecular weight is 482 g/mol. The molecule has 3 rings (SSSR count). The van der Waals surface area contributed by atoms with Gasteiger partial charge in [-0.1, -0.05) is 46.3 Å². The fourth-order valence-corrected chi connectivity index (χ4v) is 3.02. The van der Waals surface area contributed by atoms with Crippen LogP contribution in [0.3, 0.4) is 0 Å². The highest BCUT2D eigenvalue weighted by atomic mass is 79.9. The summed E-state index contributed by atoms with van der Waals surface area (Å²) in [4.78, 5) is 24.3. The van der Waals surface area contributed by atoms with Crippen LogP contribution < -0.4 is 20.2 Å². The summed E-state index contributed by atoms with van der Waals surface area (Å²) >= 11 is 3.33. The van der Waals surface area contributed by atoms with Crippen molar-refractivity contribution < 1.29 is 19.1 Å². The van der Waals surface area contributed by atoms with Gasteiger partial charge in [0.2, 0.25) is 0 Å². The van der Waals surface area contributed by atoms with Crippen LogP contribution >= 0.6 is 15.9 Å². The first-order chi connectivity index (χ1) is 15.0. The van der Waals surface area contributed by atoms with E-state index in [-0.39, 0.29) is 12.5 Å². The lowest BCUT2D eigenvalue weighted by molar-refractivity contribution is -0.119. The van der Waals surface area contributed by atoms with Gasteiger partial charge in [-0.2, -0.15) is 5.10 Å². The lowest BCUT2D eigenvalue weighted by Gasteiger charge is -2.09. The highest BCUT2D eigenvalue weighted by molar-refractivity contribution is 9.10. The highest BCUT2D eigenvalue weighted by Crippen LogP contribution is 2.22. The van der Waals surface area contributed by atoms with Crippen LogP contribution in [-0.4, -0.2) is 31.7 Å². The van der Waals surface area contributed by atoms with Crippen molar-refractivity contribution in [2.75, 3.05) is 19.0 Å². The molecule has 0 spiro atoms. The fraction of sp³-hybridized carbons (Fsp3) is 0.0870. The molecule has 0 saturated carbocycles. The third-order valence-corrected chi connectivity index (χ3v) is 4.57. The molecule has 7 nitrogen and oxygen atoms in total.